The number of aromatic amines is 1. The van der Waals surface area contributed by atoms with Crippen LogP contribution in [-0.4, -0.2) is 22.4 Å². The highest BCUT2D eigenvalue weighted by Crippen LogP contribution is 2.17. The van der Waals surface area contributed by atoms with E-state index in [0.717, 1.165) is 10.6 Å². The first-order chi connectivity index (χ1) is 9.29. The minimum absolute atomic E-state index is 0.114. The lowest BCUT2D eigenvalue weighted by atomic mass is 10.3. The van der Waals surface area contributed by atoms with Crippen molar-refractivity contribution in [3.63, 3.8) is 0 Å². The third kappa shape index (κ3) is 3.84. The highest BCUT2D eigenvalue weighted by molar-refractivity contribution is 7.14. The fourth-order valence-corrected chi connectivity index (χ4v) is 2.35. The fraction of sp³-hybridized carbons (Fsp3) is 0.273. The summed E-state index contributed by atoms with van der Waals surface area (Å²) in [5.41, 5.74) is 9.21. The van der Waals surface area contributed by atoms with Gasteiger partial charge in [-0.2, -0.15) is 0 Å². The van der Waals surface area contributed by atoms with Gasteiger partial charge in [-0.05, 0) is 17.7 Å². The van der Waals surface area contributed by atoms with Crippen molar-refractivity contribution in [1.29, 1.82) is 0 Å². The number of carbonyl (C=O) groups is 1. The molecule has 0 aliphatic heterocycles. The monoisotopic (exact) mass is 276 g/mol. The molecule has 0 saturated carbocycles. The van der Waals surface area contributed by atoms with Gasteiger partial charge in [-0.3, -0.25) is 4.79 Å². The second kappa shape index (κ2) is 6.58. The van der Waals surface area contributed by atoms with Gasteiger partial charge < -0.3 is 10.3 Å². The van der Waals surface area contributed by atoms with Crippen LogP contribution in [0.2, 0.25) is 0 Å². The van der Waals surface area contributed by atoms with Gasteiger partial charge in [0.1, 0.15) is 0 Å². The first-order valence-corrected chi connectivity index (χ1v) is 6.46. The van der Waals surface area contributed by atoms with Crippen LogP contribution in [0.4, 0.5) is 0 Å². The average Bonchev–Trinajstić information content (AvgIpc) is 3.07. The van der Waals surface area contributed by atoms with E-state index < -0.39 is 0 Å². The summed E-state index contributed by atoms with van der Waals surface area (Å²) in [6.07, 6.45) is 4.05. The lowest BCUT2D eigenvalue weighted by molar-refractivity contribution is 0.0958. The molecule has 0 aliphatic carbocycles. The molecule has 98 valence electrons. The smallest absolute Gasteiger partial charge is 0.261 e. The summed E-state index contributed by atoms with van der Waals surface area (Å²) in [6.45, 7) is 0.827. The molecule has 8 heteroatoms. The van der Waals surface area contributed by atoms with Crippen molar-refractivity contribution in [2.75, 3.05) is 6.54 Å². The van der Waals surface area contributed by atoms with Gasteiger partial charge in [0, 0.05) is 34.6 Å². The molecule has 0 aromatic carbocycles. The van der Waals surface area contributed by atoms with Gasteiger partial charge in [-0.25, -0.2) is 4.98 Å². The molecule has 2 aromatic rings. The fourth-order valence-electron chi connectivity index (χ4n) is 1.51. The molecule has 1 amide bonds. The molecule has 19 heavy (non-hydrogen) atoms. The SMILES string of the molecule is [N-]=[N+]=NCc1ccc(C(=O)NCCc2cnc[nH]2)s1. The molecule has 2 rings (SSSR count). The van der Waals surface area contributed by atoms with Crippen LogP contribution in [0.5, 0.6) is 0 Å². The van der Waals surface area contributed by atoms with Gasteiger partial charge in [0.15, 0.2) is 0 Å². The number of azide groups is 1. The molecule has 0 aliphatic rings. The number of hydrogen-bond donors (Lipinski definition) is 2. The Bertz CT molecular complexity index is 584. The highest BCUT2D eigenvalue weighted by atomic mass is 32.1. The van der Waals surface area contributed by atoms with Crippen molar-refractivity contribution < 1.29 is 4.79 Å². The number of hydrogen-bond acceptors (Lipinski definition) is 4. The Hall–Kier alpha value is -2.31. The first-order valence-electron chi connectivity index (χ1n) is 5.64. The van der Waals surface area contributed by atoms with Crippen LogP contribution < -0.4 is 5.32 Å². The van der Waals surface area contributed by atoms with Crippen molar-refractivity contribution >= 4 is 17.2 Å². The number of H-pyrrole nitrogens is 1. The summed E-state index contributed by atoms with van der Waals surface area (Å²) in [4.78, 5) is 22.9. The van der Waals surface area contributed by atoms with Crippen LogP contribution in [0.3, 0.4) is 0 Å². The van der Waals surface area contributed by atoms with Crippen molar-refractivity contribution in [2.24, 2.45) is 5.11 Å². The number of rotatable bonds is 6. The number of aromatic nitrogens is 2. The van der Waals surface area contributed by atoms with Crippen LogP contribution in [0.15, 0.2) is 29.8 Å². The zero-order chi connectivity index (χ0) is 13.5. The van der Waals surface area contributed by atoms with Crippen molar-refractivity contribution in [3.05, 3.63) is 50.5 Å². The second-order valence-corrected chi connectivity index (χ2v) is 4.91. The van der Waals surface area contributed by atoms with E-state index >= 15 is 0 Å². The third-order valence-corrected chi connectivity index (χ3v) is 3.48. The Morgan fingerprint density at radius 2 is 2.47 bits per heavy atom. The largest absolute Gasteiger partial charge is 0.351 e. The van der Waals surface area contributed by atoms with E-state index in [1.165, 1.54) is 11.3 Å². The zero-order valence-corrected chi connectivity index (χ0v) is 10.9. The zero-order valence-electron chi connectivity index (χ0n) is 10.0. The summed E-state index contributed by atoms with van der Waals surface area (Å²) < 4.78 is 0. The topological polar surface area (TPSA) is 107 Å². The number of imidazole rings is 1. The summed E-state index contributed by atoms with van der Waals surface area (Å²) in [7, 11) is 0. The number of nitrogens with zero attached hydrogens (tertiary/aromatic N) is 4. The molecule has 2 heterocycles. The quantitative estimate of drug-likeness (QED) is 0.479. The van der Waals surface area contributed by atoms with E-state index in [0.29, 0.717) is 17.8 Å². The van der Waals surface area contributed by atoms with Crippen molar-refractivity contribution in [3.8, 4) is 0 Å². The summed E-state index contributed by atoms with van der Waals surface area (Å²) >= 11 is 1.33. The first kappa shape index (κ1) is 13.1. The Morgan fingerprint density at radius 3 is 3.21 bits per heavy atom. The molecule has 0 radical (unpaired) electrons. The standard InChI is InChI=1S/C11H12N6OS/c12-17-16-6-9-1-2-10(19-9)11(18)14-4-3-8-5-13-7-15-8/h1-2,5,7H,3-4,6H2,(H,13,15)(H,14,18). The van der Waals surface area contributed by atoms with E-state index in [1.807, 2.05) is 0 Å². The van der Waals surface area contributed by atoms with Crippen molar-refractivity contribution in [2.45, 2.75) is 13.0 Å². The molecule has 0 bridgehead atoms. The number of amides is 1. The minimum atomic E-state index is -0.114. The second-order valence-electron chi connectivity index (χ2n) is 3.74. The maximum Gasteiger partial charge on any atom is 0.261 e. The molecule has 0 fully saturated rings. The predicted molar refractivity (Wildman–Crippen MR) is 71.8 cm³/mol. The Morgan fingerprint density at radius 1 is 1.58 bits per heavy atom. The van der Waals surface area contributed by atoms with Crippen LogP contribution in [0.1, 0.15) is 20.2 Å². The number of nitrogens with one attached hydrogen (secondary N) is 2. The average molecular weight is 276 g/mol. The molecule has 0 atom stereocenters. The molecular formula is C11H12N6OS. The van der Waals surface area contributed by atoms with Gasteiger partial charge in [0.05, 0.1) is 17.7 Å². The van der Waals surface area contributed by atoms with Gasteiger partial charge in [0.25, 0.3) is 5.91 Å². The molecule has 2 N–H and O–H groups in total. The Kier molecular flexibility index (Phi) is 4.54. The van der Waals surface area contributed by atoms with E-state index in [9.17, 15) is 4.79 Å². The summed E-state index contributed by atoms with van der Waals surface area (Å²) in [6, 6.07) is 3.53. The van der Waals surface area contributed by atoms with E-state index in [2.05, 4.69) is 25.3 Å². The highest BCUT2D eigenvalue weighted by Gasteiger charge is 2.08. The molecule has 7 nitrogen and oxygen atoms in total. The lowest BCUT2D eigenvalue weighted by Gasteiger charge is -2.01. The number of thiophene rings is 1. The molecule has 0 unspecified atom stereocenters. The maximum atomic E-state index is 11.8. The molecule has 0 saturated heterocycles. The molecule has 0 spiro atoms. The predicted octanol–water partition coefficient (Wildman–Crippen LogP) is 2.25. The minimum Gasteiger partial charge on any atom is -0.351 e. The van der Waals surface area contributed by atoms with Gasteiger partial charge >= 0.3 is 0 Å². The molecular weight excluding hydrogens is 264 g/mol. The third-order valence-electron chi connectivity index (χ3n) is 2.41. The maximum absolute atomic E-state index is 11.8. The van der Waals surface area contributed by atoms with Gasteiger partial charge in [0.2, 0.25) is 0 Å². The Labute approximate surface area is 113 Å². The van der Waals surface area contributed by atoms with E-state index in [-0.39, 0.29) is 12.5 Å². The lowest BCUT2D eigenvalue weighted by Crippen LogP contribution is -2.24. The van der Waals surface area contributed by atoms with Crippen LogP contribution in [0.25, 0.3) is 10.4 Å². The van der Waals surface area contributed by atoms with Gasteiger partial charge in [-0.1, -0.05) is 5.11 Å². The number of carbonyl (C=O) groups excluding carboxylic acids is 1. The van der Waals surface area contributed by atoms with Crippen LogP contribution in [0, 0.1) is 0 Å². The summed E-state index contributed by atoms with van der Waals surface area (Å²) in [5, 5.41) is 6.29. The Balaban J connectivity index is 1.82. The normalized spacial score (nSPS) is 9.89. The van der Waals surface area contributed by atoms with E-state index in [1.54, 1.807) is 24.7 Å². The van der Waals surface area contributed by atoms with Gasteiger partial charge in [-0.15, -0.1) is 11.3 Å². The van der Waals surface area contributed by atoms with E-state index in [4.69, 9.17) is 5.53 Å². The van der Waals surface area contributed by atoms with Crippen molar-refractivity contribution in [1.82, 2.24) is 15.3 Å². The molecule has 2 aromatic heterocycles. The van der Waals surface area contributed by atoms with Crippen LogP contribution >= 0.6 is 11.3 Å². The summed E-state index contributed by atoms with van der Waals surface area (Å²) in [5.74, 6) is -0.114. The van der Waals surface area contributed by atoms with Crippen LogP contribution in [-0.2, 0) is 13.0 Å².